The second-order valence-corrected chi connectivity index (χ2v) is 12.0. The number of nitrogens with zero attached hydrogens (tertiary/aromatic N) is 2. The molecule has 0 bridgehead atoms. The zero-order valence-corrected chi connectivity index (χ0v) is 22.9. The number of thiazole rings is 1. The van der Waals surface area contributed by atoms with Crippen LogP contribution in [0.25, 0.3) is 0 Å². The Hall–Kier alpha value is -3.95. The fraction of sp³-hybridized carbons (Fsp3) is 0.200. The van der Waals surface area contributed by atoms with Crippen molar-refractivity contribution in [2.75, 3.05) is 10.2 Å². The zero-order chi connectivity index (χ0) is 27.3. The normalized spacial score (nSPS) is 20.1. The van der Waals surface area contributed by atoms with Gasteiger partial charge in [0.2, 0.25) is 17.7 Å². The molecule has 3 heterocycles. The molecule has 3 amide bonds. The molecule has 0 saturated carbocycles. The summed E-state index contributed by atoms with van der Waals surface area (Å²) < 4.78 is 1.44. The van der Waals surface area contributed by atoms with E-state index in [1.807, 2.05) is 74.5 Å². The largest absolute Gasteiger partial charge is 0.325 e. The fourth-order valence-electron chi connectivity index (χ4n) is 5.29. The number of hydrogen-bond donors (Lipinski definition) is 1. The molecular formula is C30H25N3O4S2. The summed E-state index contributed by atoms with van der Waals surface area (Å²) in [6.07, 6.45) is 0. The number of amides is 3. The van der Waals surface area contributed by atoms with E-state index in [0.717, 1.165) is 28.0 Å². The summed E-state index contributed by atoms with van der Waals surface area (Å²) in [5.41, 5.74) is 4.08. The summed E-state index contributed by atoms with van der Waals surface area (Å²) in [4.78, 5) is 55.6. The Morgan fingerprint density at radius 2 is 1.62 bits per heavy atom. The van der Waals surface area contributed by atoms with Crippen molar-refractivity contribution < 1.29 is 14.4 Å². The lowest BCUT2D eigenvalue weighted by Crippen LogP contribution is -2.33. The summed E-state index contributed by atoms with van der Waals surface area (Å²) in [7, 11) is 0. The van der Waals surface area contributed by atoms with Crippen LogP contribution in [0.15, 0.2) is 88.7 Å². The first-order valence-corrected chi connectivity index (χ1v) is 14.3. The van der Waals surface area contributed by atoms with E-state index in [9.17, 15) is 19.2 Å². The second-order valence-electron chi connectivity index (χ2n) is 9.84. The number of anilines is 2. The van der Waals surface area contributed by atoms with Gasteiger partial charge in [0.25, 0.3) is 0 Å². The quantitative estimate of drug-likeness (QED) is 0.352. The number of thioether (sulfide) groups is 1. The maximum Gasteiger partial charge on any atom is 0.308 e. The molecule has 0 radical (unpaired) electrons. The summed E-state index contributed by atoms with van der Waals surface area (Å²) in [5.74, 6) is -2.05. The number of aromatic nitrogens is 1. The lowest BCUT2D eigenvalue weighted by atomic mass is 9.83. The van der Waals surface area contributed by atoms with Crippen molar-refractivity contribution in [3.8, 4) is 0 Å². The predicted octanol–water partition coefficient (Wildman–Crippen LogP) is 4.96. The molecule has 1 aromatic heterocycles. The van der Waals surface area contributed by atoms with Crippen LogP contribution in [0.1, 0.15) is 27.5 Å². The molecule has 0 aliphatic carbocycles. The van der Waals surface area contributed by atoms with E-state index < -0.39 is 17.1 Å². The zero-order valence-electron chi connectivity index (χ0n) is 21.3. The average Bonchev–Trinajstić information content (AvgIpc) is 3.36. The monoisotopic (exact) mass is 555 g/mol. The summed E-state index contributed by atoms with van der Waals surface area (Å²) in [6, 6.07) is 24.3. The molecule has 0 spiro atoms. The molecule has 3 aromatic carbocycles. The van der Waals surface area contributed by atoms with E-state index >= 15 is 0 Å². The van der Waals surface area contributed by atoms with Gasteiger partial charge in [-0.15, -0.1) is 0 Å². The Bertz CT molecular complexity index is 1660. The van der Waals surface area contributed by atoms with Crippen LogP contribution >= 0.6 is 23.1 Å². The highest BCUT2D eigenvalue weighted by Gasteiger charge is 2.56. The van der Waals surface area contributed by atoms with Crippen LogP contribution in [0, 0.1) is 19.8 Å². The molecule has 2 aliphatic rings. The third-order valence-electron chi connectivity index (χ3n) is 7.10. The maximum absolute atomic E-state index is 13.9. The molecule has 39 heavy (non-hydrogen) atoms. The average molecular weight is 556 g/mol. The van der Waals surface area contributed by atoms with Gasteiger partial charge in [0.05, 0.1) is 16.6 Å². The Morgan fingerprint density at radius 3 is 2.33 bits per heavy atom. The molecule has 1 N–H and O–H groups in total. The van der Waals surface area contributed by atoms with E-state index in [0.29, 0.717) is 21.3 Å². The third kappa shape index (κ3) is 4.51. The molecule has 1 saturated heterocycles. The lowest BCUT2D eigenvalue weighted by Gasteiger charge is -2.30. The van der Waals surface area contributed by atoms with Gasteiger partial charge >= 0.3 is 4.87 Å². The highest BCUT2D eigenvalue weighted by Crippen LogP contribution is 2.53. The lowest BCUT2D eigenvalue weighted by molar-refractivity contribution is -0.122. The number of carbonyl (C=O) groups excluding carboxylic acids is 3. The number of benzene rings is 3. The van der Waals surface area contributed by atoms with Crippen LogP contribution in [0.2, 0.25) is 0 Å². The topological polar surface area (TPSA) is 88.5 Å². The highest BCUT2D eigenvalue weighted by atomic mass is 32.2. The van der Waals surface area contributed by atoms with Gasteiger partial charge in [-0.05, 0) is 49.2 Å². The van der Waals surface area contributed by atoms with Crippen molar-refractivity contribution in [1.29, 1.82) is 0 Å². The Labute approximate surface area is 233 Å². The van der Waals surface area contributed by atoms with Gasteiger partial charge in [0, 0.05) is 16.5 Å². The molecule has 3 atom stereocenters. The molecule has 1 fully saturated rings. The van der Waals surface area contributed by atoms with Crippen LogP contribution in [-0.2, 0) is 20.9 Å². The molecule has 6 rings (SSSR count). The van der Waals surface area contributed by atoms with Crippen molar-refractivity contribution in [1.82, 2.24) is 4.57 Å². The number of aryl methyl sites for hydroxylation is 2. The molecule has 4 aromatic rings. The molecular weight excluding hydrogens is 530 g/mol. The van der Waals surface area contributed by atoms with Crippen LogP contribution in [0.5, 0.6) is 0 Å². The minimum Gasteiger partial charge on any atom is -0.325 e. The summed E-state index contributed by atoms with van der Waals surface area (Å²) >= 11 is 2.27. The van der Waals surface area contributed by atoms with Gasteiger partial charge in [0.15, 0.2) is 0 Å². The first kappa shape index (κ1) is 25.3. The van der Waals surface area contributed by atoms with E-state index in [-0.39, 0.29) is 29.1 Å². The van der Waals surface area contributed by atoms with Gasteiger partial charge in [-0.3, -0.25) is 23.7 Å². The minimum absolute atomic E-state index is 0.186. The Balaban J connectivity index is 1.40. The summed E-state index contributed by atoms with van der Waals surface area (Å²) in [6.45, 7) is 3.70. The number of nitrogens with one attached hydrogen (secondary N) is 1. The van der Waals surface area contributed by atoms with Gasteiger partial charge in [0.1, 0.15) is 11.8 Å². The Kier molecular flexibility index (Phi) is 6.48. The van der Waals surface area contributed by atoms with Crippen molar-refractivity contribution >= 4 is 52.2 Å². The molecule has 196 valence electrons. The van der Waals surface area contributed by atoms with Gasteiger partial charge < -0.3 is 5.32 Å². The number of hydrogen-bond acceptors (Lipinski definition) is 6. The Morgan fingerprint density at radius 1 is 0.872 bits per heavy atom. The number of carbonyl (C=O) groups is 3. The number of rotatable bonds is 5. The molecule has 7 nitrogen and oxygen atoms in total. The minimum atomic E-state index is -0.711. The maximum atomic E-state index is 13.9. The first-order valence-electron chi connectivity index (χ1n) is 12.6. The second kappa shape index (κ2) is 9.98. The van der Waals surface area contributed by atoms with E-state index in [2.05, 4.69) is 5.32 Å². The van der Waals surface area contributed by atoms with Crippen molar-refractivity contribution in [2.45, 2.75) is 36.6 Å². The van der Waals surface area contributed by atoms with E-state index in [4.69, 9.17) is 0 Å². The smallest absolute Gasteiger partial charge is 0.308 e. The molecule has 9 heteroatoms. The predicted molar refractivity (Wildman–Crippen MR) is 153 cm³/mol. The van der Waals surface area contributed by atoms with Gasteiger partial charge in [-0.1, -0.05) is 83.3 Å². The van der Waals surface area contributed by atoms with Crippen LogP contribution in [0.3, 0.4) is 0 Å². The third-order valence-corrected chi connectivity index (χ3v) is 9.71. The highest BCUT2D eigenvalue weighted by molar-refractivity contribution is 8.00. The first-order chi connectivity index (χ1) is 18.8. The molecule has 0 unspecified atom stereocenters. The standard InChI is InChI=1S/C30H25N3O4S2/c1-17-11-13-21(14-12-17)33-27(35)24-23(19-8-4-3-5-9-19)26-29(38-25(24)28(33)36)32(30(37)39-26)16-22(34)31-20-10-6-7-18(2)15-20/h3-15,23-25H,16H2,1-2H3,(H,31,34)/t23-,24-,25+/m0/s1. The van der Waals surface area contributed by atoms with Crippen molar-refractivity contribution in [3.05, 3.63) is 110 Å². The van der Waals surface area contributed by atoms with Crippen LogP contribution in [-0.4, -0.2) is 27.5 Å². The van der Waals surface area contributed by atoms with E-state index in [1.165, 1.54) is 21.2 Å². The van der Waals surface area contributed by atoms with Crippen LogP contribution < -0.4 is 15.1 Å². The fourth-order valence-corrected chi connectivity index (χ4v) is 8.06. The van der Waals surface area contributed by atoms with Crippen molar-refractivity contribution in [2.24, 2.45) is 5.92 Å². The van der Waals surface area contributed by atoms with E-state index in [1.54, 1.807) is 18.2 Å². The molecule has 2 aliphatic heterocycles. The number of fused-ring (bicyclic) bond motifs is 2. The van der Waals surface area contributed by atoms with Gasteiger partial charge in [-0.2, -0.15) is 0 Å². The SMILES string of the molecule is Cc1ccc(N2C(=O)[C@H]3[C@H](c4ccccc4)c4sc(=O)n(CC(=O)Nc5cccc(C)c5)c4S[C@H]3C2=O)cc1. The van der Waals surface area contributed by atoms with Crippen molar-refractivity contribution in [3.63, 3.8) is 0 Å². The summed E-state index contributed by atoms with van der Waals surface area (Å²) in [5, 5.41) is 2.72. The van der Waals surface area contributed by atoms with Crippen LogP contribution in [0.4, 0.5) is 11.4 Å². The number of imide groups is 1. The van der Waals surface area contributed by atoms with Gasteiger partial charge in [-0.25, -0.2) is 4.90 Å².